The van der Waals surface area contributed by atoms with Crippen molar-refractivity contribution in [3.8, 4) is 0 Å². The van der Waals surface area contributed by atoms with Gasteiger partial charge in [0.25, 0.3) is 11.6 Å². The Kier molecular flexibility index (Phi) is 4.91. The van der Waals surface area contributed by atoms with Crippen molar-refractivity contribution in [2.24, 2.45) is 5.84 Å². The number of nitrogen functional groups attached to an aromatic ring is 1. The molecule has 108 valence electrons. The maximum atomic E-state index is 11.3. The molecule has 0 atom stereocenters. The smallest absolute Gasteiger partial charge is 0.269 e. The predicted molar refractivity (Wildman–Crippen MR) is 80.8 cm³/mol. The molecule has 1 amide bonds. The zero-order chi connectivity index (χ0) is 15.2. The van der Waals surface area contributed by atoms with Crippen molar-refractivity contribution in [2.75, 3.05) is 0 Å². The molecule has 0 fully saturated rings. The number of non-ortho nitro benzene ring substituents is 1. The molecule has 7 heteroatoms. The lowest BCUT2D eigenvalue weighted by Gasteiger charge is -2.04. The van der Waals surface area contributed by atoms with Crippen molar-refractivity contribution in [1.82, 2.24) is 5.43 Å². The number of carbonyl (C=O) groups is 1. The normalized spacial score (nSPS) is 10.1. The number of thioether (sulfide) groups is 1. The van der Waals surface area contributed by atoms with Crippen molar-refractivity contribution in [3.63, 3.8) is 0 Å². The molecule has 2 aromatic carbocycles. The van der Waals surface area contributed by atoms with Crippen molar-refractivity contribution in [2.45, 2.75) is 10.6 Å². The SMILES string of the molecule is NNC(=O)c1ccc(CSc2ccc([N+](=O)[O-])cc2)cc1. The number of nitro groups is 1. The quantitative estimate of drug-likeness (QED) is 0.291. The summed E-state index contributed by atoms with van der Waals surface area (Å²) in [5.41, 5.74) is 3.70. The molecule has 0 heterocycles. The van der Waals surface area contributed by atoms with Gasteiger partial charge in [0.15, 0.2) is 0 Å². The number of hydrogen-bond acceptors (Lipinski definition) is 5. The lowest BCUT2D eigenvalue weighted by molar-refractivity contribution is -0.384. The second-order valence-corrected chi connectivity index (χ2v) is 5.26. The van der Waals surface area contributed by atoms with Crippen molar-refractivity contribution >= 4 is 23.4 Å². The van der Waals surface area contributed by atoms with Gasteiger partial charge in [-0.05, 0) is 29.8 Å². The molecule has 0 spiro atoms. The molecule has 0 aliphatic heterocycles. The summed E-state index contributed by atoms with van der Waals surface area (Å²) in [5.74, 6) is 5.44. The Morgan fingerprint density at radius 3 is 2.29 bits per heavy atom. The highest BCUT2D eigenvalue weighted by molar-refractivity contribution is 7.98. The monoisotopic (exact) mass is 303 g/mol. The summed E-state index contributed by atoms with van der Waals surface area (Å²) in [7, 11) is 0. The number of hydrazine groups is 1. The highest BCUT2D eigenvalue weighted by Crippen LogP contribution is 2.24. The average Bonchev–Trinajstić information content (AvgIpc) is 2.53. The third-order valence-electron chi connectivity index (χ3n) is 2.80. The second-order valence-electron chi connectivity index (χ2n) is 4.21. The van der Waals surface area contributed by atoms with Crippen LogP contribution in [0.4, 0.5) is 5.69 Å². The average molecular weight is 303 g/mol. The molecule has 0 unspecified atom stereocenters. The number of benzene rings is 2. The molecule has 0 saturated carbocycles. The summed E-state index contributed by atoms with van der Waals surface area (Å²) in [4.78, 5) is 22.4. The molecule has 0 saturated heterocycles. The van der Waals surface area contributed by atoms with Crippen LogP contribution in [0, 0.1) is 10.1 Å². The van der Waals surface area contributed by atoms with Crippen LogP contribution < -0.4 is 11.3 Å². The van der Waals surface area contributed by atoms with E-state index in [1.54, 1.807) is 36.0 Å². The van der Waals surface area contributed by atoms with Gasteiger partial charge in [-0.3, -0.25) is 20.3 Å². The molecule has 0 aliphatic rings. The van der Waals surface area contributed by atoms with E-state index in [9.17, 15) is 14.9 Å². The number of carbonyl (C=O) groups excluding carboxylic acids is 1. The number of nitro benzene ring substituents is 1. The lowest BCUT2D eigenvalue weighted by atomic mass is 10.1. The fourth-order valence-corrected chi connectivity index (χ4v) is 2.52. The molecule has 0 aromatic heterocycles. The third kappa shape index (κ3) is 4.04. The first kappa shape index (κ1) is 15.0. The van der Waals surface area contributed by atoms with Gasteiger partial charge >= 0.3 is 0 Å². The maximum Gasteiger partial charge on any atom is 0.269 e. The first-order chi connectivity index (χ1) is 10.1. The van der Waals surface area contributed by atoms with Crippen LogP contribution in [0.1, 0.15) is 15.9 Å². The molecular formula is C14H13N3O3S. The fourth-order valence-electron chi connectivity index (χ4n) is 1.67. The Morgan fingerprint density at radius 1 is 1.14 bits per heavy atom. The largest absolute Gasteiger partial charge is 0.290 e. The Labute approximate surface area is 125 Å². The zero-order valence-electron chi connectivity index (χ0n) is 11.0. The highest BCUT2D eigenvalue weighted by Gasteiger charge is 2.05. The van der Waals surface area contributed by atoms with Gasteiger partial charge in [0, 0.05) is 28.3 Å². The van der Waals surface area contributed by atoms with E-state index in [1.807, 2.05) is 12.1 Å². The number of rotatable bonds is 5. The minimum atomic E-state index is -0.421. The van der Waals surface area contributed by atoms with Crippen LogP contribution in [0.5, 0.6) is 0 Å². The van der Waals surface area contributed by atoms with Gasteiger partial charge in [0.05, 0.1) is 4.92 Å². The zero-order valence-corrected chi connectivity index (χ0v) is 11.8. The van der Waals surface area contributed by atoms with Crippen LogP contribution in [0.15, 0.2) is 53.4 Å². The van der Waals surface area contributed by atoms with Crippen molar-refractivity contribution in [3.05, 3.63) is 69.8 Å². The summed E-state index contributed by atoms with van der Waals surface area (Å²) < 4.78 is 0. The standard InChI is InChI=1S/C14H13N3O3S/c15-16-14(18)11-3-1-10(2-4-11)9-21-13-7-5-12(6-8-13)17(19)20/h1-8H,9,15H2,(H,16,18). The Balaban J connectivity index is 1.96. The van der Waals surface area contributed by atoms with E-state index in [0.717, 1.165) is 10.5 Å². The Morgan fingerprint density at radius 2 is 1.76 bits per heavy atom. The van der Waals surface area contributed by atoms with Gasteiger partial charge in [0.1, 0.15) is 0 Å². The Hall–Kier alpha value is -2.38. The first-order valence-corrected chi connectivity index (χ1v) is 7.06. The van der Waals surface area contributed by atoms with Gasteiger partial charge < -0.3 is 0 Å². The summed E-state index contributed by atoms with van der Waals surface area (Å²) in [5, 5.41) is 10.6. The van der Waals surface area contributed by atoms with Crippen LogP contribution in [-0.2, 0) is 5.75 Å². The molecule has 0 bridgehead atoms. The second kappa shape index (κ2) is 6.87. The minimum absolute atomic E-state index is 0.0801. The van der Waals surface area contributed by atoms with Crippen LogP contribution >= 0.6 is 11.8 Å². The molecule has 3 N–H and O–H groups in total. The molecule has 2 rings (SSSR count). The van der Waals surface area contributed by atoms with E-state index in [4.69, 9.17) is 5.84 Å². The number of amides is 1. The molecule has 21 heavy (non-hydrogen) atoms. The van der Waals surface area contributed by atoms with E-state index < -0.39 is 4.92 Å². The summed E-state index contributed by atoms with van der Waals surface area (Å²) in [6.45, 7) is 0. The van der Waals surface area contributed by atoms with Crippen LogP contribution in [0.3, 0.4) is 0 Å². The topological polar surface area (TPSA) is 98.3 Å². The fraction of sp³-hybridized carbons (Fsp3) is 0.0714. The van der Waals surface area contributed by atoms with E-state index >= 15 is 0 Å². The molecular weight excluding hydrogens is 290 g/mol. The van der Waals surface area contributed by atoms with E-state index in [0.29, 0.717) is 11.3 Å². The van der Waals surface area contributed by atoms with Gasteiger partial charge in [0.2, 0.25) is 0 Å². The number of nitrogens with two attached hydrogens (primary N) is 1. The number of nitrogens with one attached hydrogen (secondary N) is 1. The molecule has 6 nitrogen and oxygen atoms in total. The van der Waals surface area contributed by atoms with E-state index in [2.05, 4.69) is 5.43 Å². The third-order valence-corrected chi connectivity index (χ3v) is 3.88. The van der Waals surface area contributed by atoms with Crippen LogP contribution in [-0.4, -0.2) is 10.8 Å². The lowest BCUT2D eigenvalue weighted by Crippen LogP contribution is -2.29. The van der Waals surface area contributed by atoms with Crippen LogP contribution in [0.25, 0.3) is 0 Å². The van der Waals surface area contributed by atoms with Gasteiger partial charge in [-0.1, -0.05) is 12.1 Å². The van der Waals surface area contributed by atoms with Gasteiger partial charge in [-0.25, -0.2) is 5.84 Å². The number of nitrogens with zero attached hydrogens (tertiary/aromatic N) is 1. The summed E-state index contributed by atoms with van der Waals surface area (Å²) >= 11 is 1.57. The summed E-state index contributed by atoms with van der Waals surface area (Å²) in [6, 6.07) is 13.5. The van der Waals surface area contributed by atoms with E-state index in [1.165, 1.54) is 12.1 Å². The molecule has 2 aromatic rings. The molecule has 0 aliphatic carbocycles. The minimum Gasteiger partial charge on any atom is -0.290 e. The predicted octanol–water partition coefficient (Wildman–Crippen LogP) is 2.49. The number of hydrogen-bond donors (Lipinski definition) is 2. The van der Waals surface area contributed by atoms with Crippen molar-refractivity contribution in [1.29, 1.82) is 0 Å². The molecule has 0 radical (unpaired) electrons. The van der Waals surface area contributed by atoms with Crippen molar-refractivity contribution < 1.29 is 9.72 Å². The Bertz CT molecular complexity index is 642. The van der Waals surface area contributed by atoms with Gasteiger partial charge in [-0.15, -0.1) is 11.8 Å². The maximum absolute atomic E-state index is 11.3. The van der Waals surface area contributed by atoms with E-state index in [-0.39, 0.29) is 11.6 Å². The highest BCUT2D eigenvalue weighted by atomic mass is 32.2. The first-order valence-electron chi connectivity index (χ1n) is 6.07. The van der Waals surface area contributed by atoms with Crippen LogP contribution in [0.2, 0.25) is 0 Å². The summed E-state index contributed by atoms with van der Waals surface area (Å²) in [6.07, 6.45) is 0. The van der Waals surface area contributed by atoms with Gasteiger partial charge in [-0.2, -0.15) is 0 Å².